The van der Waals surface area contributed by atoms with Gasteiger partial charge in [-0.05, 0) is 13.3 Å². The third-order valence-electron chi connectivity index (χ3n) is 2.28. The van der Waals surface area contributed by atoms with Crippen LogP contribution in [0.15, 0.2) is 6.20 Å². The molecule has 0 saturated heterocycles. The second-order valence-corrected chi connectivity index (χ2v) is 3.76. The average molecular weight is 225 g/mol. The summed E-state index contributed by atoms with van der Waals surface area (Å²) < 4.78 is 7.01. The molecule has 0 radical (unpaired) electrons. The average Bonchev–Trinajstić information content (AvgIpc) is 2.63. The minimum absolute atomic E-state index is 0.0872. The van der Waals surface area contributed by atoms with E-state index >= 15 is 0 Å². The summed E-state index contributed by atoms with van der Waals surface area (Å²) in [4.78, 5) is 11.9. The van der Waals surface area contributed by atoms with E-state index in [2.05, 4.69) is 10.3 Å². The highest BCUT2D eigenvalue weighted by molar-refractivity contribution is 5.84. The van der Waals surface area contributed by atoms with Gasteiger partial charge in [0.1, 0.15) is 6.10 Å². The predicted octanol–water partition coefficient (Wildman–Crippen LogP) is 1.13. The highest BCUT2D eigenvalue weighted by atomic mass is 16.5. The van der Waals surface area contributed by atoms with Crippen molar-refractivity contribution in [3.8, 4) is 0 Å². The lowest BCUT2D eigenvalue weighted by Gasteiger charge is -2.13. The van der Waals surface area contributed by atoms with Crippen LogP contribution in [-0.2, 0) is 23.0 Å². The minimum atomic E-state index is -0.294. The van der Waals surface area contributed by atoms with E-state index in [0.717, 1.165) is 12.8 Å². The number of rotatable bonds is 7. The number of carbonyl (C=O) groups is 1. The molecule has 5 nitrogen and oxygen atoms in total. The van der Waals surface area contributed by atoms with E-state index in [-0.39, 0.29) is 11.9 Å². The van der Waals surface area contributed by atoms with Gasteiger partial charge in [0.25, 0.3) is 0 Å². The SMILES string of the molecule is CCCC(OCC)C(=O)Cc1cn(C)nn1. The maximum atomic E-state index is 11.9. The lowest BCUT2D eigenvalue weighted by atomic mass is 10.1. The number of hydrogen-bond donors (Lipinski definition) is 0. The number of carbonyl (C=O) groups excluding carboxylic acids is 1. The van der Waals surface area contributed by atoms with Crippen molar-refractivity contribution < 1.29 is 9.53 Å². The highest BCUT2D eigenvalue weighted by Gasteiger charge is 2.18. The normalized spacial score (nSPS) is 12.7. The molecular formula is C11H19N3O2. The summed E-state index contributed by atoms with van der Waals surface area (Å²) in [7, 11) is 1.78. The van der Waals surface area contributed by atoms with Crippen molar-refractivity contribution in [3.63, 3.8) is 0 Å². The van der Waals surface area contributed by atoms with Gasteiger partial charge in [0.05, 0.1) is 12.1 Å². The van der Waals surface area contributed by atoms with Gasteiger partial charge in [0.15, 0.2) is 5.78 Å². The van der Waals surface area contributed by atoms with Crippen molar-refractivity contribution in [1.82, 2.24) is 15.0 Å². The van der Waals surface area contributed by atoms with Crippen molar-refractivity contribution in [2.24, 2.45) is 7.05 Å². The van der Waals surface area contributed by atoms with Crippen LogP contribution in [0.2, 0.25) is 0 Å². The highest BCUT2D eigenvalue weighted by Crippen LogP contribution is 2.07. The van der Waals surface area contributed by atoms with Gasteiger partial charge in [-0.2, -0.15) is 0 Å². The Kier molecular flexibility index (Phi) is 5.11. The molecule has 1 heterocycles. The zero-order valence-electron chi connectivity index (χ0n) is 10.1. The molecule has 0 bridgehead atoms. The molecule has 1 aromatic rings. The van der Waals surface area contributed by atoms with Crippen LogP contribution in [0.3, 0.4) is 0 Å². The molecule has 0 aliphatic carbocycles. The third kappa shape index (κ3) is 3.73. The zero-order valence-corrected chi connectivity index (χ0v) is 10.1. The first-order valence-electron chi connectivity index (χ1n) is 5.66. The molecule has 1 aromatic heterocycles. The van der Waals surface area contributed by atoms with E-state index in [9.17, 15) is 4.79 Å². The molecule has 0 N–H and O–H groups in total. The van der Waals surface area contributed by atoms with Crippen LogP contribution in [-0.4, -0.2) is 33.5 Å². The van der Waals surface area contributed by atoms with E-state index in [1.807, 2.05) is 13.8 Å². The Morgan fingerprint density at radius 1 is 1.56 bits per heavy atom. The Morgan fingerprint density at radius 2 is 2.31 bits per heavy atom. The summed E-state index contributed by atoms with van der Waals surface area (Å²) in [6, 6.07) is 0. The van der Waals surface area contributed by atoms with Crippen LogP contribution < -0.4 is 0 Å². The van der Waals surface area contributed by atoms with Gasteiger partial charge < -0.3 is 4.74 Å². The van der Waals surface area contributed by atoms with Crippen molar-refractivity contribution in [3.05, 3.63) is 11.9 Å². The number of ketones is 1. The van der Waals surface area contributed by atoms with Gasteiger partial charge in [-0.25, -0.2) is 0 Å². The Balaban J connectivity index is 2.54. The molecule has 5 heteroatoms. The van der Waals surface area contributed by atoms with E-state index in [4.69, 9.17) is 4.74 Å². The lowest BCUT2D eigenvalue weighted by Crippen LogP contribution is -2.26. The van der Waals surface area contributed by atoms with Crippen molar-refractivity contribution in [2.45, 2.75) is 39.2 Å². The standard InChI is InChI=1S/C11H19N3O2/c1-4-6-11(16-5-2)10(15)7-9-8-14(3)13-12-9/h8,11H,4-7H2,1-3H3. The molecule has 0 spiro atoms. The first kappa shape index (κ1) is 12.8. The number of hydrogen-bond acceptors (Lipinski definition) is 4. The molecule has 1 rings (SSSR count). The summed E-state index contributed by atoms with van der Waals surface area (Å²) in [5.41, 5.74) is 0.702. The van der Waals surface area contributed by atoms with E-state index in [1.165, 1.54) is 0 Å². The number of nitrogens with zero attached hydrogens (tertiary/aromatic N) is 3. The summed E-state index contributed by atoms with van der Waals surface area (Å²) >= 11 is 0. The number of aromatic nitrogens is 3. The van der Waals surface area contributed by atoms with Crippen LogP contribution >= 0.6 is 0 Å². The maximum absolute atomic E-state index is 11.9. The Hall–Kier alpha value is -1.23. The van der Waals surface area contributed by atoms with E-state index in [1.54, 1.807) is 17.9 Å². The number of aryl methyl sites for hydroxylation is 1. The van der Waals surface area contributed by atoms with Gasteiger partial charge >= 0.3 is 0 Å². The monoisotopic (exact) mass is 225 g/mol. The van der Waals surface area contributed by atoms with Gasteiger partial charge in [-0.15, -0.1) is 5.10 Å². The smallest absolute Gasteiger partial charge is 0.167 e. The Bertz CT molecular complexity index is 330. The molecular weight excluding hydrogens is 206 g/mol. The van der Waals surface area contributed by atoms with Crippen molar-refractivity contribution in [1.29, 1.82) is 0 Å². The van der Waals surface area contributed by atoms with Crippen LogP contribution in [0.25, 0.3) is 0 Å². The van der Waals surface area contributed by atoms with Gasteiger partial charge in [-0.1, -0.05) is 18.6 Å². The molecule has 16 heavy (non-hydrogen) atoms. The summed E-state index contributed by atoms with van der Waals surface area (Å²) in [5.74, 6) is 0.0872. The summed E-state index contributed by atoms with van der Waals surface area (Å²) in [6.45, 7) is 4.51. The first-order valence-corrected chi connectivity index (χ1v) is 5.66. The van der Waals surface area contributed by atoms with Crippen LogP contribution in [0.4, 0.5) is 0 Å². The summed E-state index contributed by atoms with van der Waals surface area (Å²) in [6.07, 6.45) is 3.48. The Morgan fingerprint density at radius 3 is 2.81 bits per heavy atom. The van der Waals surface area contributed by atoms with Crippen LogP contribution in [0.5, 0.6) is 0 Å². The maximum Gasteiger partial charge on any atom is 0.167 e. The molecule has 90 valence electrons. The first-order chi connectivity index (χ1) is 7.67. The second-order valence-electron chi connectivity index (χ2n) is 3.76. The Labute approximate surface area is 95.8 Å². The fourth-order valence-corrected chi connectivity index (χ4v) is 1.57. The molecule has 1 atom stereocenters. The quantitative estimate of drug-likeness (QED) is 0.698. The topological polar surface area (TPSA) is 57.0 Å². The molecule has 0 saturated carbocycles. The number of Topliss-reactive ketones (excluding diaryl/α,β-unsaturated/α-hetero) is 1. The molecule has 0 fully saturated rings. The lowest BCUT2D eigenvalue weighted by molar-refractivity contribution is -0.130. The van der Waals surface area contributed by atoms with Crippen molar-refractivity contribution >= 4 is 5.78 Å². The van der Waals surface area contributed by atoms with Gasteiger partial charge in [-0.3, -0.25) is 9.48 Å². The molecule has 0 aromatic carbocycles. The molecule has 0 amide bonds. The summed E-state index contributed by atoms with van der Waals surface area (Å²) in [5, 5.41) is 7.69. The van der Waals surface area contributed by atoms with Gasteiger partial charge in [0, 0.05) is 19.9 Å². The van der Waals surface area contributed by atoms with E-state index < -0.39 is 0 Å². The fraction of sp³-hybridized carbons (Fsp3) is 0.727. The van der Waals surface area contributed by atoms with Crippen LogP contribution in [0.1, 0.15) is 32.4 Å². The third-order valence-corrected chi connectivity index (χ3v) is 2.28. The number of ether oxygens (including phenoxy) is 1. The van der Waals surface area contributed by atoms with E-state index in [0.29, 0.717) is 18.7 Å². The zero-order chi connectivity index (χ0) is 12.0. The van der Waals surface area contributed by atoms with Gasteiger partial charge in [0.2, 0.25) is 0 Å². The van der Waals surface area contributed by atoms with Crippen molar-refractivity contribution in [2.75, 3.05) is 6.61 Å². The fourth-order valence-electron chi connectivity index (χ4n) is 1.57. The molecule has 0 aliphatic rings. The molecule has 1 unspecified atom stereocenters. The molecule has 0 aliphatic heterocycles. The predicted molar refractivity (Wildman–Crippen MR) is 60.0 cm³/mol. The largest absolute Gasteiger partial charge is 0.371 e. The van der Waals surface area contributed by atoms with Crippen LogP contribution in [0, 0.1) is 0 Å². The second kappa shape index (κ2) is 6.37. The minimum Gasteiger partial charge on any atom is -0.371 e.